The summed E-state index contributed by atoms with van der Waals surface area (Å²) in [5, 5.41) is 0.940. The van der Waals surface area contributed by atoms with Gasteiger partial charge in [0.2, 0.25) is 0 Å². The van der Waals surface area contributed by atoms with Crippen molar-refractivity contribution in [1.82, 2.24) is 14.5 Å². The van der Waals surface area contributed by atoms with Crippen LogP contribution in [0.15, 0.2) is 48.8 Å². The van der Waals surface area contributed by atoms with E-state index >= 15 is 0 Å². The van der Waals surface area contributed by atoms with E-state index in [1.165, 1.54) is 6.42 Å². The van der Waals surface area contributed by atoms with Crippen molar-refractivity contribution in [1.29, 1.82) is 0 Å². The molecule has 0 saturated carbocycles. The summed E-state index contributed by atoms with van der Waals surface area (Å²) in [6.45, 7) is 10.9. The lowest BCUT2D eigenvalue weighted by atomic mass is 9.99. The standard InChI is InChI=1S/C21H20N4O/c1-15-4-3-10-24(14-15)21(26)17-12-16-9-11-25(20(16)23-13-17)19-7-5-18(22-2)6-8-19/h5-9,11-13,15H,3-4,10,14H2,1H3/t15-/m0/s1. The lowest BCUT2D eigenvalue weighted by Gasteiger charge is -2.30. The molecule has 1 aromatic carbocycles. The highest BCUT2D eigenvalue weighted by molar-refractivity contribution is 5.97. The van der Waals surface area contributed by atoms with Crippen molar-refractivity contribution in [3.05, 3.63) is 65.8 Å². The normalized spacial score (nSPS) is 17.2. The minimum absolute atomic E-state index is 0.0695. The van der Waals surface area contributed by atoms with Crippen molar-refractivity contribution in [2.24, 2.45) is 5.92 Å². The van der Waals surface area contributed by atoms with Crippen molar-refractivity contribution in [2.45, 2.75) is 19.8 Å². The molecule has 1 saturated heterocycles. The van der Waals surface area contributed by atoms with Gasteiger partial charge in [-0.1, -0.05) is 19.1 Å². The van der Waals surface area contributed by atoms with Gasteiger partial charge in [0.15, 0.2) is 5.69 Å². The van der Waals surface area contributed by atoms with Crippen LogP contribution in [0.25, 0.3) is 21.6 Å². The number of amides is 1. The summed E-state index contributed by atoms with van der Waals surface area (Å²) in [5.41, 5.74) is 3.02. The highest BCUT2D eigenvalue weighted by atomic mass is 16.2. The molecule has 1 atom stereocenters. The molecule has 1 aliphatic heterocycles. The first-order valence-corrected chi connectivity index (χ1v) is 8.90. The maximum atomic E-state index is 12.8. The Morgan fingerprint density at radius 1 is 1.27 bits per heavy atom. The van der Waals surface area contributed by atoms with E-state index < -0.39 is 0 Å². The number of likely N-dealkylation sites (tertiary alicyclic amines) is 1. The summed E-state index contributed by atoms with van der Waals surface area (Å²) in [6, 6.07) is 11.3. The molecule has 1 amide bonds. The molecule has 26 heavy (non-hydrogen) atoms. The number of carbonyl (C=O) groups excluding carboxylic acids is 1. The first-order valence-electron chi connectivity index (χ1n) is 8.90. The van der Waals surface area contributed by atoms with Gasteiger partial charge in [-0.2, -0.15) is 0 Å². The van der Waals surface area contributed by atoms with Crippen molar-refractivity contribution in [2.75, 3.05) is 13.1 Å². The molecule has 130 valence electrons. The van der Waals surface area contributed by atoms with E-state index in [-0.39, 0.29) is 5.91 Å². The number of fused-ring (bicyclic) bond motifs is 1. The van der Waals surface area contributed by atoms with E-state index in [0.717, 1.165) is 36.2 Å². The molecule has 1 aliphatic rings. The number of piperidine rings is 1. The zero-order valence-corrected chi connectivity index (χ0v) is 14.7. The van der Waals surface area contributed by atoms with Crippen LogP contribution in [0.1, 0.15) is 30.1 Å². The van der Waals surface area contributed by atoms with Crippen molar-refractivity contribution >= 4 is 22.6 Å². The summed E-state index contributed by atoms with van der Waals surface area (Å²) < 4.78 is 1.97. The van der Waals surface area contributed by atoms with Crippen LogP contribution < -0.4 is 0 Å². The molecule has 5 nitrogen and oxygen atoms in total. The van der Waals surface area contributed by atoms with Crippen LogP contribution in [0.3, 0.4) is 0 Å². The van der Waals surface area contributed by atoms with Crippen LogP contribution in [0, 0.1) is 12.5 Å². The summed E-state index contributed by atoms with van der Waals surface area (Å²) in [6.07, 6.45) is 5.88. The first-order chi connectivity index (χ1) is 12.7. The second-order valence-corrected chi connectivity index (χ2v) is 6.95. The molecule has 3 aromatic rings. The van der Waals surface area contributed by atoms with Crippen LogP contribution in [0.4, 0.5) is 5.69 Å². The van der Waals surface area contributed by atoms with Gasteiger partial charge in [-0.15, -0.1) is 0 Å². The maximum Gasteiger partial charge on any atom is 0.255 e. The quantitative estimate of drug-likeness (QED) is 0.645. The molecule has 0 N–H and O–H groups in total. The molecule has 0 radical (unpaired) electrons. The SMILES string of the molecule is [C-]#[N+]c1ccc(-n2ccc3cc(C(=O)N4CCC[C@H](C)C4)cnc32)cc1. The maximum absolute atomic E-state index is 12.8. The predicted octanol–water partition coefficient (Wildman–Crippen LogP) is 4.45. The molecule has 4 rings (SSSR count). The van der Waals surface area contributed by atoms with Crippen molar-refractivity contribution in [3.8, 4) is 5.69 Å². The van der Waals surface area contributed by atoms with Gasteiger partial charge in [0.25, 0.3) is 5.91 Å². The third kappa shape index (κ3) is 2.95. The molecule has 5 heteroatoms. The topological polar surface area (TPSA) is 42.5 Å². The Labute approximate surface area is 152 Å². The second-order valence-electron chi connectivity index (χ2n) is 6.95. The Balaban J connectivity index is 1.64. The fourth-order valence-corrected chi connectivity index (χ4v) is 3.59. The molecule has 3 heterocycles. The third-order valence-electron chi connectivity index (χ3n) is 4.97. The number of benzene rings is 1. The van der Waals surface area contributed by atoms with Gasteiger partial charge in [-0.05, 0) is 43.0 Å². The average Bonchev–Trinajstić information content (AvgIpc) is 3.10. The monoisotopic (exact) mass is 344 g/mol. The zero-order chi connectivity index (χ0) is 18.1. The smallest absolute Gasteiger partial charge is 0.255 e. The minimum Gasteiger partial charge on any atom is -0.338 e. The second kappa shape index (κ2) is 6.64. The van der Waals surface area contributed by atoms with E-state index in [2.05, 4.69) is 16.8 Å². The average molecular weight is 344 g/mol. The number of nitrogens with zero attached hydrogens (tertiary/aromatic N) is 4. The van der Waals surface area contributed by atoms with Gasteiger partial charge in [-0.3, -0.25) is 4.79 Å². The van der Waals surface area contributed by atoms with E-state index in [9.17, 15) is 4.79 Å². The zero-order valence-electron chi connectivity index (χ0n) is 14.7. The Hall–Kier alpha value is -3.13. The Bertz CT molecular complexity index is 997. The number of pyridine rings is 1. The highest BCUT2D eigenvalue weighted by Crippen LogP contribution is 2.23. The summed E-state index contributed by atoms with van der Waals surface area (Å²) >= 11 is 0. The van der Waals surface area contributed by atoms with Gasteiger partial charge in [-0.25, -0.2) is 9.83 Å². The number of carbonyl (C=O) groups is 1. The molecule has 1 fully saturated rings. The van der Waals surface area contributed by atoms with Gasteiger partial charge in [0, 0.05) is 36.6 Å². The molecule has 0 unspecified atom stereocenters. The lowest BCUT2D eigenvalue weighted by molar-refractivity contribution is 0.0683. The van der Waals surface area contributed by atoms with Gasteiger partial charge < -0.3 is 9.47 Å². The minimum atomic E-state index is 0.0695. The molecule has 0 spiro atoms. The third-order valence-corrected chi connectivity index (χ3v) is 4.97. The fourth-order valence-electron chi connectivity index (χ4n) is 3.59. The molecule has 0 aliphatic carbocycles. The Kier molecular flexibility index (Phi) is 4.18. The van der Waals surface area contributed by atoms with E-state index in [4.69, 9.17) is 6.57 Å². The fraction of sp³-hybridized carbons (Fsp3) is 0.286. The van der Waals surface area contributed by atoms with Gasteiger partial charge in [0.05, 0.1) is 12.1 Å². The van der Waals surface area contributed by atoms with Crippen molar-refractivity contribution in [3.63, 3.8) is 0 Å². The van der Waals surface area contributed by atoms with E-state index in [1.807, 2.05) is 39.9 Å². The molecular weight excluding hydrogens is 324 g/mol. The predicted molar refractivity (Wildman–Crippen MR) is 102 cm³/mol. The van der Waals surface area contributed by atoms with Crippen molar-refractivity contribution < 1.29 is 4.79 Å². The number of rotatable bonds is 2. The number of aromatic nitrogens is 2. The Morgan fingerprint density at radius 3 is 2.81 bits per heavy atom. The van der Waals surface area contributed by atoms with Crippen LogP contribution in [0.2, 0.25) is 0 Å². The Morgan fingerprint density at radius 2 is 2.08 bits per heavy atom. The van der Waals surface area contributed by atoms with E-state index in [0.29, 0.717) is 17.2 Å². The first kappa shape index (κ1) is 16.3. The molecule has 0 bridgehead atoms. The highest BCUT2D eigenvalue weighted by Gasteiger charge is 2.22. The van der Waals surface area contributed by atoms with Crippen LogP contribution in [-0.4, -0.2) is 33.4 Å². The summed E-state index contributed by atoms with van der Waals surface area (Å²) in [4.78, 5) is 22.7. The largest absolute Gasteiger partial charge is 0.338 e. The number of hydrogen-bond acceptors (Lipinski definition) is 2. The van der Waals surface area contributed by atoms with Crippen LogP contribution >= 0.6 is 0 Å². The van der Waals surface area contributed by atoms with E-state index in [1.54, 1.807) is 18.3 Å². The number of hydrogen-bond donors (Lipinski definition) is 0. The molecule has 2 aromatic heterocycles. The van der Waals surface area contributed by atoms with Crippen LogP contribution in [0.5, 0.6) is 0 Å². The van der Waals surface area contributed by atoms with Gasteiger partial charge >= 0.3 is 0 Å². The lowest BCUT2D eigenvalue weighted by Crippen LogP contribution is -2.39. The summed E-state index contributed by atoms with van der Waals surface area (Å²) in [7, 11) is 0. The van der Waals surface area contributed by atoms with Crippen LogP contribution in [-0.2, 0) is 0 Å². The summed E-state index contributed by atoms with van der Waals surface area (Å²) in [5.74, 6) is 0.629. The van der Waals surface area contributed by atoms with Gasteiger partial charge in [0.1, 0.15) is 5.65 Å². The molecular formula is C21H20N4O.